The molecule has 1 aliphatic heterocycles. The van der Waals surface area contributed by atoms with Gasteiger partial charge < -0.3 is 14.5 Å². The van der Waals surface area contributed by atoms with Gasteiger partial charge in [-0.25, -0.2) is 4.98 Å². The fraction of sp³-hybridized carbons (Fsp3) is 0.209. The van der Waals surface area contributed by atoms with E-state index in [1.807, 2.05) is 18.2 Å². The van der Waals surface area contributed by atoms with Crippen LogP contribution in [0.4, 0.5) is 22.7 Å². The highest BCUT2D eigenvalue weighted by molar-refractivity contribution is 6.09. The second-order valence-corrected chi connectivity index (χ2v) is 22.1. The van der Waals surface area contributed by atoms with Crippen molar-refractivity contribution in [3.63, 3.8) is 0 Å². The predicted octanol–water partition coefficient (Wildman–Crippen LogP) is 18.4. The average molecular weight is 948 g/mol. The van der Waals surface area contributed by atoms with E-state index in [0.717, 1.165) is 50.6 Å². The van der Waals surface area contributed by atoms with Crippen LogP contribution in [0.15, 0.2) is 194 Å². The van der Waals surface area contributed by atoms with Crippen molar-refractivity contribution in [3.05, 3.63) is 216 Å². The van der Waals surface area contributed by atoms with E-state index in [-0.39, 0.29) is 51.3 Å². The zero-order valence-electron chi connectivity index (χ0n) is 49.6. The van der Waals surface area contributed by atoms with Crippen LogP contribution in [0.3, 0.4) is 0 Å². The molecule has 5 nitrogen and oxygen atoms in total. The van der Waals surface area contributed by atoms with Crippen molar-refractivity contribution in [2.45, 2.75) is 85.4 Å². The SMILES string of the molecule is [2H]c1c([2H])c([2H])c2c(c1[2H])c1ccc(Oc3cccc(N4CN(c5c(-c6ccc(-c7cccc(C(C)(C)C)c7)cc6)cc(C(C)(C)C)cc5-c5ccc(C(C)(C)C)cc5)c5ccccc54)c3)cc1n2-c1cc(C([2H])([2H])[2H])ccn1. The van der Waals surface area contributed by atoms with Crippen molar-refractivity contribution in [3.8, 4) is 50.7 Å². The van der Waals surface area contributed by atoms with Gasteiger partial charge in [-0.15, -0.1) is 0 Å². The molecule has 0 atom stereocenters. The predicted molar refractivity (Wildman–Crippen MR) is 304 cm³/mol. The summed E-state index contributed by atoms with van der Waals surface area (Å²) < 4.78 is 67.8. The number of hydrogen-bond donors (Lipinski definition) is 0. The van der Waals surface area contributed by atoms with Crippen LogP contribution in [-0.2, 0) is 16.2 Å². The standard InChI is InChI=1S/C67H64N4O/c1-44-35-36-68-63(37-44)71-59-22-12-11-21-55(59)56-34-33-54(42-62(56)71)72-53-20-16-19-52(41-53)69-43-70(61-24-14-13-23-60(61)69)64-57(46-27-25-45(26-28-46)48-17-15-18-50(38-48)66(5,6)7)39-51(67(8,9)10)40-58(64)47-29-31-49(32-30-47)65(2,3)4/h11-42H,43H2,1-10H3/i1D3,11D,12D,21D,22D. The first-order chi connectivity index (χ1) is 37.3. The number of aromatic nitrogens is 2. The Morgan fingerprint density at radius 1 is 0.500 bits per heavy atom. The number of hydrogen-bond acceptors (Lipinski definition) is 4. The number of fused-ring (bicyclic) bond motifs is 4. The lowest BCUT2D eigenvalue weighted by atomic mass is 9.81. The van der Waals surface area contributed by atoms with Gasteiger partial charge in [0, 0.05) is 50.0 Å². The number of rotatable bonds is 8. The second-order valence-electron chi connectivity index (χ2n) is 22.1. The molecule has 0 spiro atoms. The fourth-order valence-corrected chi connectivity index (χ4v) is 9.97. The number of aryl methyl sites for hydroxylation is 1. The maximum Gasteiger partial charge on any atom is 0.137 e. The number of benzene rings is 8. The Bertz CT molecular complexity index is 4010. The molecule has 0 aliphatic carbocycles. The van der Waals surface area contributed by atoms with Gasteiger partial charge in [0.2, 0.25) is 0 Å². The largest absolute Gasteiger partial charge is 0.457 e. The van der Waals surface area contributed by atoms with Crippen LogP contribution in [0.25, 0.3) is 61.0 Å². The maximum absolute atomic E-state index is 9.03. The number of nitrogens with zero attached hydrogens (tertiary/aromatic N) is 4. The van der Waals surface area contributed by atoms with Gasteiger partial charge in [-0.3, -0.25) is 4.57 Å². The Hall–Kier alpha value is -7.89. The lowest BCUT2D eigenvalue weighted by Gasteiger charge is -2.30. The molecule has 2 aromatic heterocycles. The first kappa shape index (κ1) is 38.8. The molecule has 8 aromatic carbocycles. The average Bonchev–Trinajstić information content (AvgIpc) is 3.46. The Morgan fingerprint density at radius 2 is 1.14 bits per heavy atom. The summed E-state index contributed by atoms with van der Waals surface area (Å²) >= 11 is 0. The third kappa shape index (κ3) is 8.72. The highest BCUT2D eigenvalue weighted by atomic mass is 16.5. The summed E-state index contributed by atoms with van der Waals surface area (Å²) in [5.74, 6) is 1.21. The van der Waals surface area contributed by atoms with Crippen LogP contribution in [0.5, 0.6) is 11.5 Å². The highest BCUT2D eigenvalue weighted by Gasteiger charge is 2.33. The minimum Gasteiger partial charge on any atom is -0.457 e. The van der Waals surface area contributed by atoms with E-state index in [2.05, 4.69) is 192 Å². The van der Waals surface area contributed by atoms with Crippen LogP contribution in [-0.4, -0.2) is 16.2 Å². The molecule has 0 fully saturated rings. The molecular formula is C67H64N4O. The molecule has 3 heterocycles. The second kappa shape index (κ2) is 17.8. The Morgan fingerprint density at radius 3 is 1.83 bits per heavy atom. The van der Waals surface area contributed by atoms with Crippen molar-refractivity contribution < 1.29 is 14.3 Å². The van der Waals surface area contributed by atoms with E-state index in [0.29, 0.717) is 34.5 Å². The van der Waals surface area contributed by atoms with Crippen LogP contribution >= 0.6 is 0 Å². The third-order valence-corrected chi connectivity index (χ3v) is 14.0. The van der Waals surface area contributed by atoms with Gasteiger partial charge in [0.15, 0.2) is 0 Å². The molecule has 0 N–H and O–H groups in total. The van der Waals surface area contributed by atoms with E-state index < -0.39 is 12.9 Å². The van der Waals surface area contributed by atoms with Crippen LogP contribution in [0, 0.1) is 6.85 Å². The summed E-state index contributed by atoms with van der Waals surface area (Å²) in [5.41, 5.74) is 15.3. The zero-order chi connectivity index (χ0) is 56.1. The van der Waals surface area contributed by atoms with Crippen molar-refractivity contribution in [1.82, 2.24) is 9.55 Å². The van der Waals surface area contributed by atoms with Crippen LogP contribution in [0.2, 0.25) is 0 Å². The Balaban J connectivity index is 1.02. The minimum atomic E-state index is -2.44. The fourth-order valence-electron chi connectivity index (χ4n) is 9.97. The minimum absolute atomic E-state index is 0.0152. The summed E-state index contributed by atoms with van der Waals surface area (Å²) in [6.45, 7) is 18.4. The Kier molecular flexibility index (Phi) is 9.57. The summed E-state index contributed by atoms with van der Waals surface area (Å²) in [7, 11) is 0. The molecule has 5 heteroatoms. The molecule has 11 rings (SSSR count). The molecular weight excluding hydrogens is 877 g/mol. The van der Waals surface area contributed by atoms with Crippen LogP contribution in [0.1, 0.15) is 94.2 Å². The molecule has 0 saturated heterocycles. The summed E-state index contributed by atoms with van der Waals surface area (Å²) in [5, 5.41) is 0.840. The molecule has 0 saturated carbocycles. The highest BCUT2D eigenvalue weighted by Crippen LogP contribution is 2.52. The van der Waals surface area contributed by atoms with Crippen molar-refractivity contribution in [2.75, 3.05) is 16.5 Å². The first-order valence-corrected chi connectivity index (χ1v) is 24.8. The van der Waals surface area contributed by atoms with Gasteiger partial charge in [0.25, 0.3) is 0 Å². The number of para-hydroxylation sites is 3. The lowest BCUT2D eigenvalue weighted by molar-refractivity contribution is 0.483. The lowest BCUT2D eigenvalue weighted by Crippen LogP contribution is -2.25. The molecule has 358 valence electrons. The van der Waals surface area contributed by atoms with E-state index in [4.69, 9.17) is 14.3 Å². The van der Waals surface area contributed by atoms with E-state index in [1.54, 1.807) is 22.8 Å². The van der Waals surface area contributed by atoms with E-state index >= 15 is 0 Å². The number of ether oxygens (including phenoxy) is 1. The van der Waals surface area contributed by atoms with Gasteiger partial charge in [0.1, 0.15) is 24.0 Å². The van der Waals surface area contributed by atoms with Gasteiger partial charge in [-0.05, 0) is 134 Å². The van der Waals surface area contributed by atoms with Crippen molar-refractivity contribution in [2.24, 2.45) is 0 Å². The summed E-state index contributed by atoms with van der Waals surface area (Å²) in [6.07, 6.45) is 1.40. The summed E-state index contributed by atoms with van der Waals surface area (Å²) in [4.78, 5) is 9.30. The van der Waals surface area contributed by atoms with Crippen LogP contribution < -0.4 is 14.5 Å². The monoisotopic (exact) mass is 948 g/mol. The van der Waals surface area contributed by atoms with E-state index in [9.17, 15) is 0 Å². The van der Waals surface area contributed by atoms with Gasteiger partial charge in [0.05, 0.1) is 33.6 Å². The van der Waals surface area contributed by atoms with Gasteiger partial charge >= 0.3 is 0 Å². The molecule has 0 unspecified atom stereocenters. The molecule has 10 aromatic rings. The van der Waals surface area contributed by atoms with Crippen molar-refractivity contribution >= 4 is 44.6 Å². The quantitative estimate of drug-likeness (QED) is 0.152. The maximum atomic E-state index is 9.03. The molecule has 0 amide bonds. The van der Waals surface area contributed by atoms with Gasteiger partial charge in [-0.2, -0.15) is 0 Å². The smallest absolute Gasteiger partial charge is 0.137 e. The topological polar surface area (TPSA) is 33.5 Å². The molecule has 0 radical (unpaired) electrons. The summed E-state index contributed by atoms with van der Waals surface area (Å²) in [6, 6.07) is 55.3. The van der Waals surface area contributed by atoms with Gasteiger partial charge in [-0.1, -0.05) is 171 Å². The molecule has 0 bridgehead atoms. The third-order valence-electron chi connectivity index (χ3n) is 14.0. The first-order valence-electron chi connectivity index (χ1n) is 28.3. The van der Waals surface area contributed by atoms with Crippen molar-refractivity contribution in [1.29, 1.82) is 0 Å². The van der Waals surface area contributed by atoms with E-state index in [1.165, 1.54) is 40.6 Å². The molecule has 1 aliphatic rings. The zero-order valence-corrected chi connectivity index (χ0v) is 42.6. The number of pyridine rings is 1. The Labute approximate surface area is 435 Å². The number of anilines is 4. The normalized spacial score (nSPS) is 14.6. The molecule has 72 heavy (non-hydrogen) atoms.